The van der Waals surface area contributed by atoms with Crippen molar-refractivity contribution in [2.24, 2.45) is 0 Å². The van der Waals surface area contributed by atoms with Gasteiger partial charge in [-0.3, -0.25) is 0 Å². The third-order valence-electron chi connectivity index (χ3n) is 1.29. The molecule has 0 heterocycles. The lowest BCUT2D eigenvalue weighted by atomic mass is 10.4. The second-order valence-electron chi connectivity index (χ2n) is 2.49. The summed E-state index contributed by atoms with van der Waals surface area (Å²) in [6, 6.07) is 0. The van der Waals surface area contributed by atoms with Gasteiger partial charge in [0.05, 0.1) is 13.2 Å². The van der Waals surface area contributed by atoms with Crippen molar-refractivity contribution in [3.8, 4) is 0 Å². The van der Waals surface area contributed by atoms with Crippen LogP contribution < -0.4 is 0 Å². The van der Waals surface area contributed by atoms with E-state index in [9.17, 15) is 0 Å². The van der Waals surface area contributed by atoms with Crippen LogP contribution in [0, 0.1) is 0 Å². The standard InChI is InChI=1S/C8H18O4/c1-3-5-7-9-11-12-10-8-6-4-2/h3-8H2,1-2H3. The molecule has 0 aromatic heterocycles. The van der Waals surface area contributed by atoms with Gasteiger partial charge in [0.25, 0.3) is 0 Å². The summed E-state index contributed by atoms with van der Waals surface area (Å²) in [5, 5.41) is 8.52. The number of hydrogen-bond donors (Lipinski definition) is 0. The van der Waals surface area contributed by atoms with Gasteiger partial charge in [0, 0.05) is 0 Å². The first-order valence-electron chi connectivity index (χ1n) is 4.49. The van der Waals surface area contributed by atoms with Crippen LogP contribution in [0.2, 0.25) is 0 Å². The molecule has 0 rings (SSSR count). The van der Waals surface area contributed by atoms with Crippen molar-refractivity contribution >= 4 is 0 Å². The fourth-order valence-corrected chi connectivity index (χ4v) is 0.514. The molecule has 0 atom stereocenters. The molecule has 0 saturated carbocycles. The normalized spacial score (nSPS) is 10.5. The SMILES string of the molecule is CCCCOOOOCCCC. The van der Waals surface area contributed by atoms with E-state index in [0.717, 1.165) is 25.7 Å². The molecule has 0 radical (unpaired) electrons. The summed E-state index contributed by atoms with van der Waals surface area (Å²) in [5.74, 6) is 0. The van der Waals surface area contributed by atoms with Crippen molar-refractivity contribution in [2.75, 3.05) is 13.2 Å². The number of hydrogen-bond acceptors (Lipinski definition) is 4. The molecule has 4 nitrogen and oxygen atoms in total. The van der Waals surface area contributed by atoms with Gasteiger partial charge in [-0.05, 0) is 22.9 Å². The zero-order chi connectivity index (χ0) is 9.07. The molecule has 0 unspecified atom stereocenters. The van der Waals surface area contributed by atoms with E-state index in [1.165, 1.54) is 0 Å². The van der Waals surface area contributed by atoms with E-state index in [1.54, 1.807) is 0 Å². The van der Waals surface area contributed by atoms with Crippen LogP contribution in [0.5, 0.6) is 0 Å². The second kappa shape index (κ2) is 10.8. The zero-order valence-corrected chi connectivity index (χ0v) is 7.88. The highest BCUT2D eigenvalue weighted by atomic mass is 17.7. The molecule has 0 spiro atoms. The minimum Gasteiger partial charge on any atom is -0.204 e. The van der Waals surface area contributed by atoms with E-state index < -0.39 is 0 Å². The van der Waals surface area contributed by atoms with Crippen molar-refractivity contribution in [3.63, 3.8) is 0 Å². The Morgan fingerprint density at radius 3 is 1.50 bits per heavy atom. The van der Waals surface area contributed by atoms with E-state index in [2.05, 4.69) is 33.7 Å². The van der Waals surface area contributed by atoms with Gasteiger partial charge >= 0.3 is 0 Å². The molecule has 0 aliphatic rings. The molecule has 74 valence electrons. The maximum Gasteiger partial charge on any atom is 0.0854 e. The molecule has 0 aromatic carbocycles. The van der Waals surface area contributed by atoms with E-state index in [4.69, 9.17) is 0 Å². The van der Waals surface area contributed by atoms with E-state index in [1.807, 2.05) is 0 Å². The molecule has 0 fully saturated rings. The van der Waals surface area contributed by atoms with Crippen molar-refractivity contribution in [1.82, 2.24) is 0 Å². The lowest BCUT2D eigenvalue weighted by Crippen LogP contribution is -2.00. The Labute approximate surface area is 73.5 Å². The highest BCUT2D eigenvalue weighted by Gasteiger charge is 1.90. The predicted molar refractivity (Wildman–Crippen MR) is 43.9 cm³/mol. The molecule has 0 aliphatic heterocycles. The molecular formula is C8H18O4. The summed E-state index contributed by atoms with van der Waals surface area (Å²) in [4.78, 5) is 9.21. The largest absolute Gasteiger partial charge is 0.204 e. The fourth-order valence-electron chi connectivity index (χ4n) is 0.514. The Kier molecular flexibility index (Phi) is 10.7. The van der Waals surface area contributed by atoms with Crippen molar-refractivity contribution in [1.29, 1.82) is 0 Å². The fraction of sp³-hybridized carbons (Fsp3) is 1.00. The van der Waals surface area contributed by atoms with Crippen molar-refractivity contribution < 1.29 is 19.9 Å². The zero-order valence-electron chi connectivity index (χ0n) is 7.88. The molecule has 0 bridgehead atoms. The lowest BCUT2D eigenvalue weighted by Gasteiger charge is -2.00. The maximum atomic E-state index is 4.61. The van der Waals surface area contributed by atoms with Crippen LogP contribution in [0.25, 0.3) is 0 Å². The first kappa shape index (κ1) is 11.8. The molecule has 0 amide bonds. The van der Waals surface area contributed by atoms with Crippen LogP contribution in [0.4, 0.5) is 0 Å². The third-order valence-corrected chi connectivity index (χ3v) is 1.29. The van der Waals surface area contributed by atoms with Gasteiger partial charge in [-0.15, -0.1) is 0 Å². The van der Waals surface area contributed by atoms with Gasteiger partial charge in [-0.1, -0.05) is 26.7 Å². The Hall–Kier alpha value is -0.160. The van der Waals surface area contributed by atoms with Crippen molar-refractivity contribution in [3.05, 3.63) is 0 Å². The van der Waals surface area contributed by atoms with Gasteiger partial charge in [0.2, 0.25) is 0 Å². The quantitative estimate of drug-likeness (QED) is 0.308. The van der Waals surface area contributed by atoms with Crippen molar-refractivity contribution in [2.45, 2.75) is 39.5 Å². The highest BCUT2D eigenvalue weighted by molar-refractivity contribution is 4.25. The van der Waals surface area contributed by atoms with Gasteiger partial charge in [-0.25, -0.2) is 9.78 Å². The maximum absolute atomic E-state index is 4.61. The average Bonchev–Trinajstić information content (AvgIpc) is 2.10. The molecule has 0 saturated heterocycles. The first-order chi connectivity index (χ1) is 5.91. The number of rotatable bonds is 9. The molecule has 0 aliphatic carbocycles. The summed E-state index contributed by atoms with van der Waals surface area (Å²) in [7, 11) is 0. The van der Waals surface area contributed by atoms with Crippen LogP contribution in [0.3, 0.4) is 0 Å². The summed E-state index contributed by atoms with van der Waals surface area (Å²) in [5.41, 5.74) is 0. The lowest BCUT2D eigenvalue weighted by molar-refractivity contribution is -0.634. The Morgan fingerprint density at radius 2 is 1.17 bits per heavy atom. The monoisotopic (exact) mass is 178 g/mol. The van der Waals surface area contributed by atoms with Crippen LogP contribution in [0.15, 0.2) is 0 Å². The summed E-state index contributed by atoms with van der Waals surface area (Å²) in [6.07, 6.45) is 4.05. The Balaban J connectivity index is 2.73. The minimum absolute atomic E-state index is 0.535. The summed E-state index contributed by atoms with van der Waals surface area (Å²) in [6.45, 7) is 5.21. The predicted octanol–water partition coefficient (Wildman–Crippen LogP) is 2.40. The second-order valence-corrected chi connectivity index (χ2v) is 2.49. The molecule has 0 N–H and O–H groups in total. The smallest absolute Gasteiger partial charge is 0.0854 e. The van der Waals surface area contributed by atoms with Gasteiger partial charge in [0.15, 0.2) is 0 Å². The van der Waals surface area contributed by atoms with E-state index in [-0.39, 0.29) is 0 Å². The average molecular weight is 178 g/mol. The Bertz CT molecular complexity index is 67.5. The molecule has 4 heteroatoms. The minimum atomic E-state index is 0.535. The van der Waals surface area contributed by atoms with Gasteiger partial charge < -0.3 is 0 Å². The Morgan fingerprint density at radius 1 is 0.750 bits per heavy atom. The first-order valence-corrected chi connectivity index (χ1v) is 4.49. The van der Waals surface area contributed by atoms with Crippen LogP contribution in [-0.4, -0.2) is 13.2 Å². The van der Waals surface area contributed by atoms with E-state index in [0.29, 0.717) is 13.2 Å². The molecule has 12 heavy (non-hydrogen) atoms. The van der Waals surface area contributed by atoms with E-state index >= 15 is 0 Å². The van der Waals surface area contributed by atoms with Gasteiger partial charge in [-0.2, -0.15) is 0 Å². The van der Waals surface area contributed by atoms with Crippen LogP contribution >= 0.6 is 0 Å². The number of unbranched alkanes of at least 4 members (excludes halogenated alkanes) is 2. The van der Waals surface area contributed by atoms with Crippen LogP contribution in [-0.2, 0) is 19.9 Å². The van der Waals surface area contributed by atoms with Crippen LogP contribution in [0.1, 0.15) is 39.5 Å². The topological polar surface area (TPSA) is 36.9 Å². The summed E-state index contributed by atoms with van der Waals surface area (Å²) < 4.78 is 0. The summed E-state index contributed by atoms with van der Waals surface area (Å²) >= 11 is 0. The van der Waals surface area contributed by atoms with Gasteiger partial charge in [0.1, 0.15) is 0 Å². The highest BCUT2D eigenvalue weighted by Crippen LogP contribution is 1.92. The molecule has 0 aromatic rings. The third kappa shape index (κ3) is 9.84. The molecular weight excluding hydrogens is 160 g/mol.